The third-order valence-corrected chi connectivity index (χ3v) is 5.10. The second-order valence-electron chi connectivity index (χ2n) is 7.39. The van der Waals surface area contributed by atoms with Crippen LogP contribution in [0.1, 0.15) is 30.2 Å². The highest BCUT2D eigenvalue weighted by Crippen LogP contribution is 2.16. The van der Waals surface area contributed by atoms with E-state index in [1.54, 1.807) is 0 Å². The van der Waals surface area contributed by atoms with Crippen molar-refractivity contribution in [2.45, 2.75) is 33.1 Å². The van der Waals surface area contributed by atoms with Gasteiger partial charge in [0.2, 0.25) is 0 Å². The number of rotatable bonds is 0. The van der Waals surface area contributed by atoms with Crippen molar-refractivity contribution in [2.24, 2.45) is 0 Å². The molecule has 152 valence electrons. The molecule has 0 saturated heterocycles. The molecule has 0 spiro atoms. The lowest BCUT2D eigenvalue weighted by Gasteiger charge is -1.85. The van der Waals surface area contributed by atoms with E-state index in [-0.39, 0.29) is 7.43 Å². The third-order valence-electron chi connectivity index (χ3n) is 5.10. The molecule has 6 heterocycles. The smallest absolute Gasteiger partial charge is 0.0431 e. The van der Waals surface area contributed by atoms with Crippen LogP contribution in [0, 0.1) is 0 Å². The predicted octanol–water partition coefficient (Wildman–Crippen LogP) is 5.54. The van der Waals surface area contributed by atoms with Gasteiger partial charge in [-0.2, -0.15) is 0 Å². The van der Waals surface area contributed by atoms with Gasteiger partial charge in [0.25, 0.3) is 0 Å². The second-order valence-corrected chi connectivity index (χ2v) is 7.39. The van der Waals surface area contributed by atoms with Gasteiger partial charge in [0.15, 0.2) is 0 Å². The number of fused-ring (bicyclic) bond motifs is 8. The van der Waals surface area contributed by atoms with Crippen LogP contribution in [-0.2, 0) is 25.7 Å². The molecule has 5 nitrogen and oxygen atoms in total. The molecule has 4 aromatic heterocycles. The summed E-state index contributed by atoms with van der Waals surface area (Å²) in [5, 5.41) is 0. The minimum absolute atomic E-state index is 0. The summed E-state index contributed by atoms with van der Waals surface area (Å²) in [6.07, 6.45) is 7.73. The number of aromatic amines is 3. The first-order valence-corrected chi connectivity index (χ1v) is 10.0. The average Bonchev–Trinajstić information content (AvgIpc) is 3.50. The zero-order valence-electron chi connectivity index (χ0n) is 16.2. The predicted molar refractivity (Wildman–Crippen MR) is 123 cm³/mol. The van der Waals surface area contributed by atoms with Gasteiger partial charge in [-0.3, -0.25) is 9.97 Å². The zero-order chi connectivity index (χ0) is 19.5. The van der Waals surface area contributed by atoms with Crippen LogP contribution in [0.15, 0.2) is 73.1 Å². The summed E-state index contributed by atoms with van der Waals surface area (Å²) in [6, 6.07) is 20.9. The summed E-state index contributed by atoms with van der Waals surface area (Å²) < 4.78 is 0. The number of H-pyrrole nitrogens is 3. The van der Waals surface area contributed by atoms with Gasteiger partial charge in [0.1, 0.15) is 0 Å². The van der Waals surface area contributed by atoms with Gasteiger partial charge in [0, 0.05) is 57.2 Å². The summed E-state index contributed by atoms with van der Waals surface area (Å²) in [4.78, 5) is 19.3. The lowest BCUT2D eigenvalue weighted by atomic mass is 10.2. The molecule has 0 fully saturated rings. The Balaban J connectivity index is 0.000000321. The quantitative estimate of drug-likeness (QED) is 0.365. The van der Waals surface area contributed by atoms with Crippen molar-refractivity contribution < 1.29 is 0 Å². The van der Waals surface area contributed by atoms with Crippen LogP contribution in [-0.4, -0.2) is 24.9 Å². The number of nitrogens with one attached hydrogen (secondary N) is 3. The van der Waals surface area contributed by atoms with Crippen LogP contribution in [0.4, 0.5) is 0 Å². The third kappa shape index (κ3) is 4.69. The van der Waals surface area contributed by atoms with Crippen molar-refractivity contribution in [3.8, 4) is 0 Å². The Hall–Kier alpha value is -3.60. The Morgan fingerprint density at radius 3 is 1.13 bits per heavy atom. The highest BCUT2D eigenvalue weighted by molar-refractivity contribution is 5.61. The van der Waals surface area contributed by atoms with Gasteiger partial charge in [-0.15, -0.1) is 0 Å². The van der Waals surface area contributed by atoms with Gasteiger partial charge in [-0.1, -0.05) is 7.43 Å². The van der Waals surface area contributed by atoms with Gasteiger partial charge in [-0.25, -0.2) is 0 Å². The van der Waals surface area contributed by atoms with Crippen LogP contribution >= 0.6 is 0 Å². The molecule has 0 aliphatic carbocycles. The molecule has 2 aliphatic heterocycles. The van der Waals surface area contributed by atoms with E-state index in [2.05, 4.69) is 63.5 Å². The number of nitrogens with zero attached hydrogens (tertiary/aromatic N) is 2. The first-order chi connectivity index (χ1) is 14.3. The average molecular weight is 398 g/mol. The molecular formula is C25H27N5. The van der Waals surface area contributed by atoms with Crippen LogP contribution in [0.5, 0.6) is 0 Å². The number of hydrogen-bond donors (Lipinski definition) is 3. The van der Waals surface area contributed by atoms with Crippen molar-refractivity contribution in [3.05, 3.63) is 95.8 Å². The van der Waals surface area contributed by atoms with E-state index in [0.717, 1.165) is 70.5 Å². The summed E-state index contributed by atoms with van der Waals surface area (Å²) >= 11 is 0. The van der Waals surface area contributed by atoms with Crippen LogP contribution < -0.4 is 0 Å². The van der Waals surface area contributed by atoms with Crippen molar-refractivity contribution in [3.63, 3.8) is 0 Å². The molecular weight excluding hydrogens is 370 g/mol. The van der Waals surface area contributed by atoms with Crippen molar-refractivity contribution in [2.75, 3.05) is 0 Å². The van der Waals surface area contributed by atoms with E-state index in [9.17, 15) is 0 Å². The molecule has 0 atom stereocenters. The van der Waals surface area contributed by atoms with E-state index >= 15 is 0 Å². The van der Waals surface area contributed by atoms with Gasteiger partial charge in [-0.05, 0) is 86.3 Å². The minimum Gasteiger partial charge on any atom is -0.368 e. The van der Waals surface area contributed by atoms with Gasteiger partial charge in [0.05, 0.1) is 0 Å². The van der Waals surface area contributed by atoms with Crippen molar-refractivity contribution in [1.29, 1.82) is 0 Å². The molecule has 0 saturated carbocycles. The molecule has 0 amide bonds. The maximum absolute atomic E-state index is 4.76. The summed E-state index contributed by atoms with van der Waals surface area (Å²) in [6.45, 7) is 0. The zero-order valence-corrected chi connectivity index (χ0v) is 16.2. The Bertz CT molecular complexity index is 1080. The molecule has 4 aromatic rings. The standard InChI is InChI=1S/C20H18N4.C4H5N.CH4/c1-2-14-10-16-5-6-18(23-16)12-20-8-7-19(24-20)11-17-4-3-15(22-17)9-13(1)21-14;1-2-4-5-3-1;/h1-2,7-12,21,24H,3-6H2;1-5H;1H4. The molecule has 2 aliphatic rings. The fourth-order valence-corrected chi connectivity index (χ4v) is 3.71. The molecule has 30 heavy (non-hydrogen) atoms. The van der Waals surface area contributed by atoms with Crippen LogP contribution in [0.2, 0.25) is 0 Å². The molecule has 3 N–H and O–H groups in total. The molecule has 8 bridgehead atoms. The number of aryl methyl sites for hydroxylation is 4. The second kappa shape index (κ2) is 8.82. The topological polar surface area (TPSA) is 73.2 Å². The number of aromatic nitrogens is 5. The Labute approximate surface area is 176 Å². The Kier molecular flexibility index (Phi) is 5.80. The fraction of sp³-hybridized carbons (Fsp3) is 0.200. The van der Waals surface area contributed by atoms with E-state index in [1.165, 1.54) is 0 Å². The molecule has 0 radical (unpaired) electrons. The molecule has 5 heteroatoms. The first kappa shape index (κ1) is 19.7. The maximum Gasteiger partial charge on any atom is 0.0431 e. The lowest BCUT2D eigenvalue weighted by molar-refractivity contribution is 1.02. The van der Waals surface area contributed by atoms with E-state index in [4.69, 9.17) is 9.97 Å². The molecule has 0 aromatic carbocycles. The van der Waals surface area contributed by atoms with Crippen LogP contribution in [0.3, 0.4) is 0 Å². The fourth-order valence-electron chi connectivity index (χ4n) is 3.71. The first-order valence-electron chi connectivity index (χ1n) is 10.0. The van der Waals surface area contributed by atoms with Crippen LogP contribution in [0.25, 0.3) is 22.1 Å². The highest BCUT2D eigenvalue weighted by atomic mass is 14.8. The van der Waals surface area contributed by atoms with Crippen molar-refractivity contribution in [1.82, 2.24) is 24.9 Å². The SMILES string of the molecule is C.c1cc2cc3nc(cc4ccc(cc5nc(cc1[nH]2)CC5)[nH]4)CC3.c1cc[nH]c1. The van der Waals surface area contributed by atoms with Crippen molar-refractivity contribution >= 4 is 22.1 Å². The largest absolute Gasteiger partial charge is 0.368 e. The normalized spacial score (nSPS) is 12.5. The van der Waals surface area contributed by atoms with E-state index in [0.29, 0.717) is 0 Å². The Morgan fingerprint density at radius 2 is 0.867 bits per heavy atom. The summed E-state index contributed by atoms with van der Waals surface area (Å²) in [5.41, 5.74) is 8.94. The van der Waals surface area contributed by atoms with Gasteiger partial charge >= 0.3 is 0 Å². The van der Waals surface area contributed by atoms with E-state index < -0.39 is 0 Å². The number of hydrogen-bond acceptors (Lipinski definition) is 2. The molecule has 0 unspecified atom stereocenters. The van der Waals surface area contributed by atoms with Gasteiger partial charge < -0.3 is 15.0 Å². The minimum atomic E-state index is 0. The lowest BCUT2D eigenvalue weighted by Crippen LogP contribution is -1.78. The summed E-state index contributed by atoms with van der Waals surface area (Å²) in [5.74, 6) is 0. The summed E-state index contributed by atoms with van der Waals surface area (Å²) in [7, 11) is 0. The molecule has 6 rings (SSSR count). The monoisotopic (exact) mass is 397 g/mol. The van der Waals surface area contributed by atoms with E-state index in [1.807, 2.05) is 24.5 Å². The maximum atomic E-state index is 4.76. The highest BCUT2D eigenvalue weighted by Gasteiger charge is 2.07. The Morgan fingerprint density at radius 1 is 0.533 bits per heavy atom.